The molecule has 21 heavy (non-hydrogen) atoms. The zero-order valence-corrected chi connectivity index (χ0v) is 12.6. The number of benzene rings is 1. The first-order valence-electron chi connectivity index (χ1n) is 6.49. The summed E-state index contributed by atoms with van der Waals surface area (Å²) in [5.74, 6) is -0.164. The first-order valence-corrected chi connectivity index (χ1v) is 7.28. The van der Waals surface area contributed by atoms with Gasteiger partial charge in [0, 0.05) is 12.6 Å². The van der Waals surface area contributed by atoms with E-state index in [2.05, 4.69) is 26.2 Å². The van der Waals surface area contributed by atoms with Gasteiger partial charge in [0.1, 0.15) is 16.2 Å². The van der Waals surface area contributed by atoms with Gasteiger partial charge in [-0.25, -0.2) is 9.37 Å². The largest absolute Gasteiger partial charge is 0.493 e. The van der Waals surface area contributed by atoms with Gasteiger partial charge in [-0.2, -0.15) is 0 Å². The maximum atomic E-state index is 14.0. The number of ether oxygens (including phenoxy) is 1. The zero-order valence-electron chi connectivity index (χ0n) is 11.0. The molecule has 0 fully saturated rings. The summed E-state index contributed by atoms with van der Waals surface area (Å²) in [5, 5.41) is 2.84. The quantitative estimate of drug-likeness (QED) is 0.846. The normalized spacial score (nSPS) is 16.8. The van der Waals surface area contributed by atoms with Crippen molar-refractivity contribution in [3.05, 3.63) is 58.1 Å². The molecule has 0 spiro atoms. The SMILES string of the molecule is O=C(NC1CCOc2cccc(F)c21)c1ccc(Br)nc1. The summed E-state index contributed by atoms with van der Waals surface area (Å²) in [6.07, 6.45) is 2.00. The molecular weight excluding hydrogens is 339 g/mol. The highest BCUT2D eigenvalue weighted by molar-refractivity contribution is 9.10. The van der Waals surface area contributed by atoms with Crippen molar-refractivity contribution in [1.82, 2.24) is 10.3 Å². The number of halogens is 2. The van der Waals surface area contributed by atoms with Crippen molar-refractivity contribution in [3.63, 3.8) is 0 Å². The van der Waals surface area contributed by atoms with E-state index in [0.29, 0.717) is 34.5 Å². The van der Waals surface area contributed by atoms with Crippen LogP contribution < -0.4 is 10.1 Å². The van der Waals surface area contributed by atoms with Crippen molar-refractivity contribution in [2.24, 2.45) is 0 Å². The van der Waals surface area contributed by atoms with Crippen molar-refractivity contribution in [3.8, 4) is 5.75 Å². The lowest BCUT2D eigenvalue weighted by Gasteiger charge is -2.27. The molecule has 0 bridgehead atoms. The van der Waals surface area contributed by atoms with Gasteiger partial charge in [0.25, 0.3) is 5.91 Å². The minimum atomic E-state index is -0.397. The Kier molecular flexibility index (Phi) is 3.88. The van der Waals surface area contributed by atoms with Crippen molar-refractivity contribution in [2.45, 2.75) is 12.5 Å². The molecule has 108 valence electrons. The maximum absolute atomic E-state index is 14.0. The van der Waals surface area contributed by atoms with Crippen LogP contribution in [0.5, 0.6) is 5.75 Å². The Morgan fingerprint density at radius 2 is 2.24 bits per heavy atom. The molecule has 1 atom stereocenters. The molecule has 1 aliphatic rings. The number of rotatable bonds is 2. The highest BCUT2D eigenvalue weighted by Crippen LogP contribution is 2.34. The van der Waals surface area contributed by atoms with Crippen molar-refractivity contribution < 1.29 is 13.9 Å². The van der Waals surface area contributed by atoms with Gasteiger partial charge in [0.2, 0.25) is 0 Å². The highest BCUT2D eigenvalue weighted by Gasteiger charge is 2.26. The number of aromatic nitrogens is 1. The molecule has 1 aromatic heterocycles. The van der Waals surface area contributed by atoms with Crippen LogP contribution in [0, 0.1) is 5.82 Å². The van der Waals surface area contributed by atoms with Crippen LogP contribution >= 0.6 is 15.9 Å². The fourth-order valence-electron chi connectivity index (χ4n) is 2.31. The lowest BCUT2D eigenvalue weighted by molar-refractivity contribution is 0.0923. The van der Waals surface area contributed by atoms with E-state index in [4.69, 9.17) is 4.74 Å². The molecule has 1 N–H and O–H groups in total. The third kappa shape index (κ3) is 2.90. The summed E-state index contributed by atoms with van der Waals surface area (Å²) in [7, 11) is 0. The monoisotopic (exact) mass is 350 g/mol. The predicted molar refractivity (Wildman–Crippen MR) is 78.7 cm³/mol. The van der Waals surface area contributed by atoms with Crippen molar-refractivity contribution in [1.29, 1.82) is 0 Å². The Hall–Kier alpha value is -1.95. The molecule has 0 saturated heterocycles. The van der Waals surface area contributed by atoms with E-state index in [-0.39, 0.29) is 11.7 Å². The second kappa shape index (κ2) is 5.81. The molecule has 1 amide bonds. The van der Waals surface area contributed by atoms with E-state index in [1.165, 1.54) is 12.3 Å². The van der Waals surface area contributed by atoms with Crippen LogP contribution in [0.3, 0.4) is 0 Å². The Bertz CT molecular complexity index is 676. The van der Waals surface area contributed by atoms with Crippen molar-refractivity contribution in [2.75, 3.05) is 6.61 Å². The van der Waals surface area contributed by atoms with Gasteiger partial charge < -0.3 is 10.1 Å². The summed E-state index contributed by atoms with van der Waals surface area (Å²) in [6, 6.07) is 7.62. The van der Waals surface area contributed by atoms with Gasteiger partial charge in [0.15, 0.2) is 0 Å². The lowest BCUT2D eigenvalue weighted by Crippen LogP contribution is -2.32. The average molecular weight is 351 g/mol. The molecule has 0 aliphatic carbocycles. The van der Waals surface area contributed by atoms with Gasteiger partial charge in [-0.3, -0.25) is 4.79 Å². The number of pyridine rings is 1. The number of carbonyl (C=O) groups excluding carboxylic acids is 1. The van der Waals surface area contributed by atoms with E-state index in [1.807, 2.05) is 0 Å². The molecule has 0 saturated carbocycles. The molecule has 4 nitrogen and oxygen atoms in total. The van der Waals surface area contributed by atoms with Gasteiger partial charge in [-0.1, -0.05) is 6.07 Å². The first kappa shape index (κ1) is 14.0. The Balaban J connectivity index is 1.83. The molecule has 1 aromatic carbocycles. The highest BCUT2D eigenvalue weighted by atomic mass is 79.9. The van der Waals surface area contributed by atoms with Crippen LogP contribution in [0.15, 0.2) is 41.1 Å². The maximum Gasteiger partial charge on any atom is 0.253 e. The Morgan fingerprint density at radius 3 is 3.00 bits per heavy atom. The Labute approximate surface area is 129 Å². The minimum absolute atomic E-state index is 0.281. The second-order valence-electron chi connectivity index (χ2n) is 4.68. The molecule has 1 unspecified atom stereocenters. The molecule has 0 radical (unpaired) electrons. The van der Waals surface area contributed by atoms with Gasteiger partial charge in [0.05, 0.1) is 23.8 Å². The average Bonchev–Trinajstić information content (AvgIpc) is 2.48. The van der Waals surface area contributed by atoms with Crippen LogP contribution in [0.2, 0.25) is 0 Å². The lowest BCUT2D eigenvalue weighted by atomic mass is 9.99. The van der Waals surface area contributed by atoms with Crippen molar-refractivity contribution >= 4 is 21.8 Å². The Morgan fingerprint density at radius 1 is 1.38 bits per heavy atom. The molecule has 3 rings (SSSR count). The smallest absolute Gasteiger partial charge is 0.253 e. The van der Waals surface area contributed by atoms with E-state index < -0.39 is 6.04 Å². The summed E-state index contributed by atoms with van der Waals surface area (Å²) in [4.78, 5) is 16.2. The third-order valence-electron chi connectivity index (χ3n) is 3.32. The number of carbonyl (C=O) groups is 1. The molecule has 2 aromatic rings. The first-order chi connectivity index (χ1) is 10.1. The number of hydrogen-bond acceptors (Lipinski definition) is 3. The number of fused-ring (bicyclic) bond motifs is 1. The number of hydrogen-bond donors (Lipinski definition) is 1. The number of nitrogens with zero attached hydrogens (tertiary/aromatic N) is 1. The minimum Gasteiger partial charge on any atom is -0.493 e. The predicted octanol–water partition coefficient (Wildman–Crippen LogP) is 3.24. The van der Waals surface area contributed by atoms with Gasteiger partial charge >= 0.3 is 0 Å². The number of nitrogens with one attached hydrogen (secondary N) is 1. The fourth-order valence-corrected chi connectivity index (χ4v) is 2.54. The topological polar surface area (TPSA) is 51.2 Å². The molecule has 2 heterocycles. The van der Waals surface area contributed by atoms with Crippen LogP contribution in [0.25, 0.3) is 0 Å². The molecule has 1 aliphatic heterocycles. The zero-order chi connectivity index (χ0) is 14.8. The van der Waals surface area contributed by atoms with Gasteiger partial charge in [-0.15, -0.1) is 0 Å². The second-order valence-corrected chi connectivity index (χ2v) is 5.50. The summed E-state index contributed by atoms with van der Waals surface area (Å²) in [5.41, 5.74) is 0.838. The van der Waals surface area contributed by atoms with Crippen LogP contribution in [0.1, 0.15) is 28.4 Å². The third-order valence-corrected chi connectivity index (χ3v) is 3.79. The van der Waals surface area contributed by atoms with E-state index >= 15 is 0 Å². The van der Waals surface area contributed by atoms with Gasteiger partial charge in [-0.05, 0) is 40.2 Å². The molecule has 6 heteroatoms. The fraction of sp³-hybridized carbons (Fsp3) is 0.200. The van der Waals surface area contributed by atoms with Crippen LogP contribution in [-0.2, 0) is 0 Å². The van der Waals surface area contributed by atoms with Crippen LogP contribution in [-0.4, -0.2) is 17.5 Å². The summed E-state index contributed by atoms with van der Waals surface area (Å²) < 4.78 is 20.1. The standard InChI is InChI=1S/C15H12BrFN2O2/c16-13-5-4-9(8-18-13)15(20)19-11-6-7-21-12-3-1-2-10(17)14(11)12/h1-5,8,11H,6-7H2,(H,19,20). The molecular formula is C15H12BrFN2O2. The van der Waals surface area contributed by atoms with E-state index in [9.17, 15) is 9.18 Å². The summed E-state index contributed by atoms with van der Waals surface area (Å²) in [6.45, 7) is 0.444. The van der Waals surface area contributed by atoms with Crippen LogP contribution in [0.4, 0.5) is 4.39 Å². The number of amides is 1. The van der Waals surface area contributed by atoms with E-state index in [1.54, 1.807) is 24.3 Å². The van der Waals surface area contributed by atoms with E-state index in [0.717, 1.165) is 0 Å². The summed E-state index contributed by atoms with van der Waals surface area (Å²) >= 11 is 3.22.